The number of hydrogen-bond donors (Lipinski definition) is 1. The Kier molecular flexibility index (Phi) is 4.45. The third-order valence-electron chi connectivity index (χ3n) is 3.85. The van der Waals surface area contributed by atoms with Crippen molar-refractivity contribution in [1.82, 2.24) is 9.78 Å². The number of nitrogens with zero attached hydrogens (tertiary/aromatic N) is 2. The second-order valence-electron chi connectivity index (χ2n) is 5.06. The van der Waals surface area contributed by atoms with Gasteiger partial charge in [-0.15, -0.1) is 0 Å². The van der Waals surface area contributed by atoms with Crippen LogP contribution in [0.25, 0.3) is 0 Å². The molecule has 0 aliphatic heterocycles. The van der Waals surface area contributed by atoms with Crippen LogP contribution in [-0.4, -0.2) is 27.6 Å². The lowest BCUT2D eigenvalue weighted by molar-refractivity contribution is -0.101. The van der Waals surface area contributed by atoms with Gasteiger partial charge >= 0.3 is 0 Å². The Labute approximate surface area is 116 Å². The third-order valence-corrected chi connectivity index (χ3v) is 4.46. The molecule has 0 radical (unpaired) electrons. The molecule has 2 rings (SSSR count). The first-order valence-electron chi connectivity index (χ1n) is 6.56. The molecule has 18 heavy (non-hydrogen) atoms. The summed E-state index contributed by atoms with van der Waals surface area (Å²) >= 11 is 3.47. The molecule has 0 amide bonds. The van der Waals surface area contributed by atoms with Gasteiger partial charge in [-0.3, -0.25) is 4.68 Å². The summed E-state index contributed by atoms with van der Waals surface area (Å²) in [6.07, 6.45) is 6.17. The number of aliphatic hydroxyl groups excluding tert-OH is 1. The van der Waals surface area contributed by atoms with Crippen molar-refractivity contribution in [2.75, 3.05) is 7.11 Å². The van der Waals surface area contributed by atoms with Crippen LogP contribution < -0.4 is 0 Å². The highest BCUT2D eigenvalue weighted by molar-refractivity contribution is 9.10. The minimum Gasteiger partial charge on any atom is -0.387 e. The summed E-state index contributed by atoms with van der Waals surface area (Å²) in [7, 11) is 1.74. The molecule has 1 heterocycles. The van der Waals surface area contributed by atoms with Crippen molar-refractivity contribution in [3.05, 3.63) is 16.4 Å². The first-order chi connectivity index (χ1) is 8.62. The normalized spacial score (nSPS) is 19.6. The molecule has 1 aliphatic rings. The Bertz CT molecular complexity index is 396. The lowest BCUT2D eigenvalue weighted by atomic mass is 9.76. The first-order valence-corrected chi connectivity index (χ1v) is 7.35. The Morgan fingerprint density at radius 1 is 1.61 bits per heavy atom. The lowest BCUT2D eigenvalue weighted by Crippen LogP contribution is -2.40. The van der Waals surface area contributed by atoms with Gasteiger partial charge in [0.2, 0.25) is 0 Å². The first kappa shape index (κ1) is 14.0. The van der Waals surface area contributed by atoms with E-state index in [0.717, 1.165) is 36.0 Å². The maximum absolute atomic E-state index is 10.5. The predicted molar refractivity (Wildman–Crippen MR) is 73.4 cm³/mol. The number of ether oxygens (including phenoxy) is 1. The molecule has 1 aromatic heterocycles. The van der Waals surface area contributed by atoms with Gasteiger partial charge in [0.1, 0.15) is 0 Å². The number of halogens is 1. The van der Waals surface area contributed by atoms with E-state index in [4.69, 9.17) is 4.74 Å². The maximum Gasteiger partial charge on any atom is 0.0995 e. The number of rotatable bonds is 6. The number of aryl methyl sites for hydroxylation is 1. The van der Waals surface area contributed by atoms with Crippen molar-refractivity contribution < 1.29 is 9.84 Å². The van der Waals surface area contributed by atoms with Crippen LogP contribution >= 0.6 is 15.9 Å². The zero-order valence-electron chi connectivity index (χ0n) is 11.0. The van der Waals surface area contributed by atoms with Crippen LogP contribution in [0.3, 0.4) is 0 Å². The second-order valence-corrected chi connectivity index (χ2v) is 5.92. The largest absolute Gasteiger partial charge is 0.387 e. The fraction of sp³-hybridized carbons (Fsp3) is 0.769. The van der Waals surface area contributed by atoms with Crippen LogP contribution in [-0.2, 0) is 11.3 Å². The monoisotopic (exact) mass is 316 g/mol. The smallest absolute Gasteiger partial charge is 0.0995 e. The van der Waals surface area contributed by atoms with Crippen molar-refractivity contribution in [3.8, 4) is 0 Å². The third kappa shape index (κ3) is 2.63. The molecular weight excluding hydrogens is 296 g/mol. The highest BCUT2D eigenvalue weighted by atomic mass is 79.9. The van der Waals surface area contributed by atoms with Crippen molar-refractivity contribution in [2.24, 2.45) is 0 Å². The molecule has 1 unspecified atom stereocenters. The van der Waals surface area contributed by atoms with Gasteiger partial charge in [-0.1, -0.05) is 6.92 Å². The molecular formula is C13H21BrN2O2. The predicted octanol–water partition coefficient (Wildman–Crippen LogP) is 3.05. The molecule has 102 valence electrons. The average Bonchev–Trinajstić information content (AvgIpc) is 2.66. The maximum atomic E-state index is 10.5. The Morgan fingerprint density at radius 2 is 2.33 bits per heavy atom. The van der Waals surface area contributed by atoms with Gasteiger partial charge in [-0.05, 0) is 41.6 Å². The van der Waals surface area contributed by atoms with Crippen molar-refractivity contribution >= 4 is 15.9 Å². The zero-order chi connectivity index (χ0) is 13.2. The minimum absolute atomic E-state index is 0.125. The highest BCUT2D eigenvalue weighted by Gasteiger charge is 2.40. The van der Waals surface area contributed by atoms with Crippen LogP contribution in [0.1, 0.15) is 50.8 Å². The SMILES string of the molecule is CCCn1ncc(Br)c1C(O)CC1(OC)CCC1. The molecule has 1 saturated carbocycles. The summed E-state index contributed by atoms with van der Waals surface area (Å²) in [6, 6.07) is 0. The topological polar surface area (TPSA) is 47.3 Å². The van der Waals surface area contributed by atoms with E-state index in [1.807, 2.05) is 4.68 Å². The Morgan fingerprint density at radius 3 is 2.83 bits per heavy atom. The number of methoxy groups -OCH3 is 1. The van der Waals surface area contributed by atoms with Gasteiger partial charge in [-0.2, -0.15) is 5.10 Å². The fourth-order valence-electron chi connectivity index (χ4n) is 2.60. The number of aliphatic hydroxyl groups is 1. The summed E-state index contributed by atoms with van der Waals surface area (Å²) < 4.78 is 8.35. The summed E-state index contributed by atoms with van der Waals surface area (Å²) in [6.45, 7) is 2.94. The van der Waals surface area contributed by atoms with E-state index in [1.165, 1.54) is 6.42 Å². The van der Waals surface area contributed by atoms with Crippen molar-refractivity contribution in [3.63, 3.8) is 0 Å². The standard InChI is InChI=1S/C13H21BrN2O2/c1-3-7-16-12(10(14)9-15-16)11(17)8-13(18-2)5-4-6-13/h9,11,17H,3-8H2,1-2H3. The van der Waals surface area contributed by atoms with Crippen LogP contribution in [0.5, 0.6) is 0 Å². The molecule has 1 atom stereocenters. The molecule has 1 aliphatic carbocycles. The van der Waals surface area contributed by atoms with Crippen molar-refractivity contribution in [2.45, 2.75) is 57.3 Å². The fourth-order valence-corrected chi connectivity index (χ4v) is 3.17. The van der Waals surface area contributed by atoms with E-state index in [2.05, 4.69) is 28.0 Å². The quantitative estimate of drug-likeness (QED) is 0.877. The molecule has 1 N–H and O–H groups in total. The Balaban J connectivity index is 2.12. The average molecular weight is 317 g/mol. The summed E-state index contributed by atoms with van der Waals surface area (Å²) in [5.41, 5.74) is 0.750. The summed E-state index contributed by atoms with van der Waals surface area (Å²) in [4.78, 5) is 0. The van der Waals surface area contributed by atoms with Gasteiger partial charge < -0.3 is 9.84 Å². The summed E-state index contributed by atoms with van der Waals surface area (Å²) in [5.74, 6) is 0. The molecule has 1 aromatic rings. The van der Waals surface area contributed by atoms with Crippen LogP contribution in [0.4, 0.5) is 0 Å². The Hall–Kier alpha value is -0.390. The molecule has 0 aromatic carbocycles. The van der Waals surface area contributed by atoms with E-state index < -0.39 is 6.10 Å². The number of hydrogen-bond acceptors (Lipinski definition) is 3. The number of aromatic nitrogens is 2. The highest BCUT2D eigenvalue weighted by Crippen LogP contribution is 2.42. The van der Waals surface area contributed by atoms with Crippen molar-refractivity contribution in [1.29, 1.82) is 0 Å². The van der Waals surface area contributed by atoms with E-state index in [9.17, 15) is 5.11 Å². The molecule has 0 saturated heterocycles. The molecule has 4 nitrogen and oxygen atoms in total. The van der Waals surface area contributed by atoms with Gasteiger partial charge in [0.05, 0.1) is 28.1 Å². The van der Waals surface area contributed by atoms with E-state index in [-0.39, 0.29) is 5.60 Å². The van der Waals surface area contributed by atoms with Crippen LogP contribution in [0.15, 0.2) is 10.7 Å². The van der Waals surface area contributed by atoms with Gasteiger partial charge in [0, 0.05) is 20.1 Å². The van der Waals surface area contributed by atoms with E-state index in [1.54, 1.807) is 13.3 Å². The molecule has 1 fully saturated rings. The zero-order valence-corrected chi connectivity index (χ0v) is 12.6. The summed E-state index contributed by atoms with van der Waals surface area (Å²) in [5, 5.41) is 14.8. The van der Waals surface area contributed by atoms with Crippen LogP contribution in [0, 0.1) is 0 Å². The second kappa shape index (κ2) is 5.72. The van der Waals surface area contributed by atoms with E-state index >= 15 is 0 Å². The van der Waals surface area contributed by atoms with E-state index in [0.29, 0.717) is 6.42 Å². The minimum atomic E-state index is -0.520. The van der Waals surface area contributed by atoms with Gasteiger partial charge in [0.15, 0.2) is 0 Å². The van der Waals surface area contributed by atoms with Crippen LogP contribution in [0.2, 0.25) is 0 Å². The van der Waals surface area contributed by atoms with Gasteiger partial charge in [-0.25, -0.2) is 0 Å². The molecule has 0 bridgehead atoms. The molecule has 5 heteroatoms. The molecule has 0 spiro atoms. The van der Waals surface area contributed by atoms with Gasteiger partial charge in [0.25, 0.3) is 0 Å². The lowest BCUT2D eigenvalue weighted by Gasteiger charge is -2.41.